The van der Waals surface area contributed by atoms with E-state index in [1.807, 2.05) is 0 Å². The maximum atomic E-state index is 12.4. The number of phenolic OH excluding ortho intramolecular Hbond substituents is 1. The van der Waals surface area contributed by atoms with E-state index < -0.39 is 5.97 Å². The molecule has 1 fully saturated rings. The summed E-state index contributed by atoms with van der Waals surface area (Å²) in [5.41, 5.74) is 0.392. The summed E-state index contributed by atoms with van der Waals surface area (Å²) in [6.45, 7) is 0.242. The van der Waals surface area contributed by atoms with Crippen LogP contribution >= 0.6 is 24.0 Å². The molecule has 1 aromatic carbocycles. The predicted molar refractivity (Wildman–Crippen MR) is 98.0 cm³/mol. The first-order valence-electron chi connectivity index (χ1n) is 7.30. The topological polar surface area (TPSA) is 96.3 Å². The lowest BCUT2D eigenvalue weighted by molar-refractivity contribution is -0.137. The minimum absolute atomic E-state index is 0.0351. The van der Waals surface area contributed by atoms with Crippen molar-refractivity contribution >= 4 is 46.3 Å². The van der Waals surface area contributed by atoms with Gasteiger partial charge in [0.25, 0.3) is 5.91 Å². The third-order valence-corrected chi connectivity index (χ3v) is 4.86. The second-order valence-electron chi connectivity index (χ2n) is 5.07. The minimum Gasteiger partial charge on any atom is -0.504 e. The molecule has 0 aliphatic carbocycles. The van der Waals surface area contributed by atoms with Gasteiger partial charge in [0.1, 0.15) is 4.32 Å². The number of ether oxygens (including phenoxy) is 2. The fourth-order valence-electron chi connectivity index (χ4n) is 2.26. The highest BCUT2D eigenvalue weighted by molar-refractivity contribution is 8.26. The van der Waals surface area contributed by atoms with Crippen LogP contribution in [-0.2, 0) is 9.59 Å². The summed E-state index contributed by atoms with van der Waals surface area (Å²) in [6, 6.07) is 3.23. The molecule has 2 N–H and O–H groups in total. The Labute approximate surface area is 154 Å². The van der Waals surface area contributed by atoms with Crippen molar-refractivity contribution in [3.8, 4) is 17.2 Å². The van der Waals surface area contributed by atoms with Gasteiger partial charge in [-0.1, -0.05) is 24.0 Å². The van der Waals surface area contributed by atoms with E-state index >= 15 is 0 Å². The highest BCUT2D eigenvalue weighted by atomic mass is 32.2. The zero-order valence-corrected chi connectivity index (χ0v) is 15.3. The second kappa shape index (κ2) is 8.21. The van der Waals surface area contributed by atoms with Crippen molar-refractivity contribution in [2.75, 3.05) is 20.8 Å². The van der Waals surface area contributed by atoms with Crippen molar-refractivity contribution in [2.45, 2.75) is 12.8 Å². The average Bonchev–Trinajstić information content (AvgIpc) is 2.83. The van der Waals surface area contributed by atoms with E-state index in [9.17, 15) is 14.7 Å². The minimum atomic E-state index is -0.920. The number of carboxylic acids is 1. The van der Waals surface area contributed by atoms with Gasteiger partial charge in [-0.05, 0) is 24.6 Å². The van der Waals surface area contributed by atoms with Gasteiger partial charge in [0.15, 0.2) is 11.5 Å². The van der Waals surface area contributed by atoms with Gasteiger partial charge in [-0.3, -0.25) is 14.5 Å². The highest BCUT2D eigenvalue weighted by Crippen LogP contribution is 2.41. The number of rotatable bonds is 7. The van der Waals surface area contributed by atoms with Gasteiger partial charge >= 0.3 is 5.97 Å². The number of thiocarbonyl (C=S) groups is 1. The van der Waals surface area contributed by atoms with Crippen LogP contribution in [0.15, 0.2) is 17.0 Å². The molecular formula is C16H17NO6S2. The maximum Gasteiger partial charge on any atom is 0.303 e. The number of benzene rings is 1. The van der Waals surface area contributed by atoms with Gasteiger partial charge in [-0.2, -0.15) is 0 Å². The first kappa shape index (κ1) is 19.1. The molecule has 134 valence electrons. The molecule has 1 aliphatic heterocycles. The van der Waals surface area contributed by atoms with E-state index in [4.69, 9.17) is 26.8 Å². The van der Waals surface area contributed by atoms with Gasteiger partial charge in [-0.25, -0.2) is 0 Å². The third kappa shape index (κ3) is 4.23. The molecule has 0 spiro atoms. The predicted octanol–water partition coefficient (Wildman–Crippen LogP) is 2.48. The fraction of sp³-hybridized carbons (Fsp3) is 0.312. The standard InChI is InChI=1S/C16H17NO6S2/c1-22-10-6-5-9(13(20)14(10)23-2)8-11-15(21)17(16(24)25-11)7-3-4-12(18)19/h5-6,8,20H,3-4,7H2,1-2H3,(H,18,19)/b11-8-. The van der Waals surface area contributed by atoms with E-state index in [-0.39, 0.29) is 30.4 Å². The van der Waals surface area contributed by atoms with Gasteiger partial charge in [-0.15, -0.1) is 0 Å². The van der Waals surface area contributed by atoms with Crippen LogP contribution in [0, 0.1) is 0 Å². The van der Waals surface area contributed by atoms with Crippen LogP contribution in [0.5, 0.6) is 17.2 Å². The fourth-order valence-corrected chi connectivity index (χ4v) is 3.56. The SMILES string of the molecule is COc1ccc(/C=C2\SC(=S)N(CCCC(=O)O)C2=O)c(O)c1OC. The van der Waals surface area contributed by atoms with E-state index in [0.717, 1.165) is 11.8 Å². The number of hydrogen-bond donors (Lipinski definition) is 2. The summed E-state index contributed by atoms with van der Waals surface area (Å²) in [5.74, 6) is -0.824. The van der Waals surface area contributed by atoms with Gasteiger partial charge in [0.2, 0.25) is 5.75 Å². The Morgan fingerprint density at radius 3 is 2.68 bits per heavy atom. The number of methoxy groups -OCH3 is 2. The molecule has 1 aromatic rings. The molecule has 0 atom stereocenters. The van der Waals surface area contributed by atoms with Crippen molar-refractivity contribution in [3.63, 3.8) is 0 Å². The summed E-state index contributed by atoms with van der Waals surface area (Å²) in [6.07, 6.45) is 1.80. The Balaban J connectivity index is 2.23. The largest absolute Gasteiger partial charge is 0.504 e. The zero-order valence-electron chi connectivity index (χ0n) is 13.6. The van der Waals surface area contributed by atoms with E-state index in [1.54, 1.807) is 12.1 Å². The Morgan fingerprint density at radius 2 is 2.08 bits per heavy atom. The summed E-state index contributed by atoms with van der Waals surface area (Å²) in [7, 11) is 2.86. The van der Waals surface area contributed by atoms with Gasteiger partial charge in [0.05, 0.1) is 19.1 Å². The van der Waals surface area contributed by atoms with Crippen LogP contribution in [0.4, 0.5) is 0 Å². The Bertz CT molecular complexity index is 746. The molecule has 0 saturated carbocycles. The lowest BCUT2D eigenvalue weighted by atomic mass is 10.1. The number of aliphatic carboxylic acids is 1. The molecular weight excluding hydrogens is 366 g/mol. The number of amides is 1. The molecule has 9 heteroatoms. The van der Waals surface area contributed by atoms with Crippen molar-refractivity contribution in [1.82, 2.24) is 4.90 Å². The van der Waals surface area contributed by atoms with Crippen molar-refractivity contribution in [1.29, 1.82) is 0 Å². The number of aromatic hydroxyl groups is 1. The third-order valence-electron chi connectivity index (χ3n) is 3.48. The molecule has 25 heavy (non-hydrogen) atoms. The van der Waals surface area contributed by atoms with Crippen LogP contribution < -0.4 is 9.47 Å². The molecule has 0 unspecified atom stereocenters. The maximum absolute atomic E-state index is 12.4. The van der Waals surface area contributed by atoms with Gasteiger partial charge in [0, 0.05) is 18.5 Å². The molecule has 0 radical (unpaired) electrons. The second-order valence-corrected chi connectivity index (χ2v) is 6.75. The summed E-state index contributed by atoms with van der Waals surface area (Å²) in [4.78, 5) is 24.8. The summed E-state index contributed by atoms with van der Waals surface area (Å²) >= 11 is 6.29. The molecule has 1 saturated heterocycles. The number of carbonyl (C=O) groups is 2. The summed E-state index contributed by atoms with van der Waals surface area (Å²) in [5, 5.41) is 19.0. The zero-order chi connectivity index (χ0) is 18.6. The highest BCUT2D eigenvalue weighted by Gasteiger charge is 2.32. The van der Waals surface area contributed by atoms with E-state index in [1.165, 1.54) is 25.2 Å². The van der Waals surface area contributed by atoms with Crippen LogP contribution in [0.1, 0.15) is 18.4 Å². The smallest absolute Gasteiger partial charge is 0.303 e. The normalized spacial score (nSPS) is 15.8. The lowest BCUT2D eigenvalue weighted by Gasteiger charge is -2.13. The van der Waals surface area contributed by atoms with E-state index in [0.29, 0.717) is 27.0 Å². The molecule has 0 aromatic heterocycles. The van der Waals surface area contributed by atoms with Crippen LogP contribution in [0.3, 0.4) is 0 Å². The quantitative estimate of drug-likeness (QED) is 0.548. The molecule has 2 rings (SSSR count). The number of nitrogens with zero attached hydrogens (tertiary/aromatic N) is 1. The first-order chi connectivity index (χ1) is 11.9. The van der Waals surface area contributed by atoms with E-state index in [2.05, 4.69) is 0 Å². The Hall–Kier alpha value is -2.26. The molecule has 1 heterocycles. The van der Waals surface area contributed by atoms with Crippen LogP contribution in [0.2, 0.25) is 0 Å². The first-order valence-corrected chi connectivity index (χ1v) is 8.52. The number of carbonyl (C=O) groups excluding carboxylic acids is 1. The van der Waals surface area contributed by atoms with Crippen molar-refractivity contribution in [3.05, 3.63) is 22.6 Å². The number of thioether (sulfide) groups is 1. The van der Waals surface area contributed by atoms with Crippen LogP contribution in [0.25, 0.3) is 6.08 Å². The molecule has 1 amide bonds. The summed E-state index contributed by atoms with van der Waals surface area (Å²) < 4.78 is 10.6. The average molecular weight is 383 g/mol. The number of hydrogen-bond acceptors (Lipinski definition) is 7. The Kier molecular flexibility index (Phi) is 6.27. The number of carboxylic acid groups (broad SMARTS) is 1. The number of phenols is 1. The van der Waals surface area contributed by atoms with Crippen molar-refractivity contribution in [2.24, 2.45) is 0 Å². The lowest BCUT2D eigenvalue weighted by Crippen LogP contribution is -2.29. The Morgan fingerprint density at radius 1 is 1.36 bits per heavy atom. The van der Waals surface area contributed by atoms with Gasteiger partial charge < -0.3 is 19.7 Å². The molecule has 7 nitrogen and oxygen atoms in total. The molecule has 1 aliphatic rings. The van der Waals surface area contributed by atoms with Crippen molar-refractivity contribution < 1.29 is 29.3 Å². The van der Waals surface area contributed by atoms with Crippen LogP contribution in [-0.4, -0.2) is 52.1 Å². The monoisotopic (exact) mass is 383 g/mol. The molecule has 0 bridgehead atoms.